The SMILES string of the molecule is CN(C[C@H]1CCc2nc(C(F)(F)F)cn2C1)C(=O)[C@@H]1CCCCO1. The van der Waals surface area contributed by atoms with Gasteiger partial charge in [-0.05, 0) is 31.6 Å². The van der Waals surface area contributed by atoms with Crippen LogP contribution in [-0.2, 0) is 28.7 Å². The third kappa shape index (κ3) is 3.74. The Morgan fingerprint density at radius 3 is 2.88 bits per heavy atom. The summed E-state index contributed by atoms with van der Waals surface area (Å²) in [6.07, 6.45) is 0.258. The van der Waals surface area contributed by atoms with Crippen LogP contribution in [0, 0.1) is 5.92 Å². The number of imidazole rings is 1. The molecule has 2 atom stereocenters. The van der Waals surface area contributed by atoms with Gasteiger partial charge in [0.2, 0.25) is 0 Å². The molecule has 1 aromatic rings. The summed E-state index contributed by atoms with van der Waals surface area (Å²) in [5.74, 6) is 0.579. The van der Waals surface area contributed by atoms with Crippen molar-refractivity contribution in [2.45, 2.75) is 50.9 Å². The van der Waals surface area contributed by atoms with E-state index in [0.29, 0.717) is 31.9 Å². The first-order chi connectivity index (χ1) is 11.3. The lowest BCUT2D eigenvalue weighted by atomic mass is 9.98. The molecule has 134 valence electrons. The number of ether oxygens (including phenoxy) is 1. The number of rotatable bonds is 3. The first-order valence-corrected chi connectivity index (χ1v) is 8.34. The summed E-state index contributed by atoms with van der Waals surface area (Å²) < 4.78 is 45.3. The fourth-order valence-corrected chi connectivity index (χ4v) is 3.46. The normalized spacial score (nSPS) is 24.5. The zero-order chi connectivity index (χ0) is 17.3. The van der Waals surface area contributed by atoms with Crippen molar-refractivity contribution in [3.63, 3.8) is 0 Å². The molecule has 1 amide bonds. The largest absolute Gasteiger partial charge is 0.434 e. The number of amides is 1. The van der Waals surface area contributed by atoms with Crippen molar-refractivity contribution < 1.29 is 22.7 Å². The highest BCUT2D eigenvalue weighted by Gasteiger charge is 2.36. The number of aromatic nitrogens is 2. The molecule has 0 spiro atoms. The van der Waals surface area contributed by atoms with Gasteiger partial charge in [-0.15, -0.1) is 0 Å². The van der Waals surface area contributed by atoms with Crippen LogP contribution in [0.2, 0.25) is 0 Å². The van der Waals surface area contributed by atoms with Crippen LogP contribution in [0.15, 0.2) is 6.20 Å². The molecule has 0 bridgehead atoms. The number of halogens is 3. The van der Waals surface area contributed by atoms with Gasteiger partial charge < -0.3 is 14.2 Å². The summed E-state index contributed by atoms with van der Waals surface area (Å²) in [5, 5.41) is 0. The molecule has 1 fully saturated rings. The summed E-state index contributed by atoms with van der Waals surface area (Å²) in [4.78, 5) is 17.7. The van der Waals surface area contributed by atoms with Crippen molar-refractivity contribution in [3.05, 3.63) is 17.7 Å². The van der Waals surface area contributed by atoms with E-state index in [0.717, 1.165) is 31.9 Å². The van der Waals surface area contributed by atoms with Gasteiger partial charge >= 0.3 is 6.18 Å². The summed E-state index contributed by atoms with van der Waals surface area (Å²) in [6.45, 7) is 1.60. The molecule has 0 unspecified atom stereocenters. The molecule has 2 aliphatic heterocycles. The highest BCUT2D eigenvalue weighted by Crippen LogP contribution is 2.31. The smallest absolute Gasteiger partial charge is 0.368 e. The van der Waals surface area contributed by atoms with Gasteiger partial charge in [0.15, 0.2) is 5.69 Å². The number of alkyl halides is 3. The minimum atomic E-state index is -4.41. The molecule has 3 heterocycles. The molecule has 24 heavy (non-hydrogen) atoms. The highest BCUT2D eigenvalue weighted by molar-refractivity contribution is 5.80. The minimum absolute atomic E-state index is 0.0258. The molecule has 1 aromatic heterocycles. The standard InChI is InChI=1S/C16H22F3N3O2/c1-21(15(23)12-4-2-3-7-24-12)8-11-5-6-14-20-13(16(17,18)19)10-22(14)9-11/h10-12H,2-9H2,1H3/t11-,12+/m1/s1. The van der Waals surface area contributed by atoms with Crippen molar-refractivity contribution in [1.82, 2.24) is 14.5 Å². The quantitative estimate of drug-likeness (QED) is 0.846. The Kier molecular flexibility index (Phi) is 4.85. The van der Waals surface area contributed by atoms with Crippen LogP contribution in [0.5, 0.6) is 0 Å². The van der Waals surface area contributed by atoms with E-state index in [1.54, 1.807) is 16.5 Å². The van der Waals surface area contributed by atoms with Gasteiger partial charge in [0, 0.05) is 39.4 Å². The average Bonchev–Trinajstić information content (AvgIpc) is 2.98. The van der Waals surface area contributed by atoms with Crippen molar-refractivity contribution in [2.75, 3.05) is 20.2 Å². The van der Waals surface area contributed by atoms with E-state index in [4.69, 9.17) is 4.74 Å². The van der Waals surface area contributed by atoms with Crippen LogP contribution in [0.1, 0.15) is 37.2 Å². The molecule has 0 radical (unpaired) electrons. The second-order valence-corrected chi connectivity index (χ2v) is 6.67. The maximum atomic E-state index is 12.8. The number of carbonyl (C=O) groups is 1. The van der Waals surface area contributed by atoms with E-state index in [-0.39, 0.29) is 17.9 Å². The number of nitrogens with zero attached hydrogens (tertiary/aromatic N) is 3. The second-order valence-electron chi connectivity index (χ2n) is 6.67. The van der Waals surface area contributed by atoms with Crippen molar-refractivity contribution in [3.8, 4) is 0 Å². The molecule has 2 aliphatic rings. The zero-order valence-corrected chi connectivity index (χ0v) is 13.7. The molecule has 1 saturated heterocycles. The molecule has 8 heteroatoms. The first kappa shape index (κ1) is 17.3. The number of likely N-dealkylation sites (N-methyl/N-ethyl adjacent to an activating group) is 1. The third-order valence-corrected chi connectivity index (χ3v) is 4.74. The van der Waals surface area contributed by atoms with Crippen LogP contribution in [0.25, 0.3) is 0 Å². The maximum Gasteiger partial charge on any atom is 0.434 e. The zero-order valence-electron chi connectivity index (χ0n) is 13.7. The Bertz CT molecular complexity index is 594. The second kappa shape index (κ2) is 6.74. The van der Waals surface area contributed by atoms with Gasteiger partial charge in [-0.1, -0.05) is 0 Å². The van der Waals surface area contributed by atoms with E-state index >= 15 is 0 Å². The van der Waals surface area contributed by atoms with Gasteiger partial charge in [0.1, 0.15) is 11.9 Å². The van der Waals surface area contributed by atoms with Crippen LogP contribution >= 0.6 is 0 Å². The molecule has 0 aromatic carbocycles. The minimum Gasteiger partial charge on any atom is -0.368 e. The Balaban J connectivity index is 1.59. The van der Waals surface area contributed by atoms with Gasteiger partial charge in [0.05, 0.1) is 0 Å². The van der Waals surface area contributed by atoms with Crippen LogP contribution in [0.4, 0.5) is 13.2 Å². The molecule has 3 rings (SSSR count). The number of hydrogen-bond acceptors (Lipinski definition) is 3. The Labute approximate surface area is 138 Å². The van der Waals surface area contributed by atoms with Gasteiger partial charge in [-0.3, -0.25) is 4.79 Å². The van der Waals surface area contributed by atoms with Crippen LogP contribution in [0.3, 0.4) is 0 Å². The van der Waals surface area contributed by atoms with Crippen LogP contribution in [-0.4, -0.2) is 46.7 Å². The van der Waals surface area contributed by atoms with E-state index in [2.05, 4.69) is 4.98 Å². The van der Waals surface area contributed by atoms with Gasteiger partial charge in [-0.25, -0.2) is 4.98 Å². The maximum absolute atomic E-state index is 12.8. The number of fused-ring (bicyclic) bond motifs is 1. The van der Waals surface area contributed by atoms with Gasteiger partial charge in [0.25, 0.3) is 5.91 Å². The lowest BCUT2D eigenvalue weighted by Crippen LogP contribution is -2.43. The number of carbonyl (C=O) groups excluding carboxylic acids is 1. The molecular formula is C16H22F3N3O2. The lowest BCUT2D eigenvalue weighted by molar-refractivity contribution is -0.145. The summed E-state index contributed by atoms with van der Waals surface area (Å²) in [5.41, 5.74) is -0.835. The fourth-order valence-electron chi connectivity index (χ4n) is 3.46. The summed E-state index contributed by atoms with van der Waals surface area (Å²) in [6, 6.07) is 0. The molecule has 0 aliphatic carbocycles. The molecule has 5 nitrogen and oxygen atoms in total. The molecular weight excluding hydrogens is 323 g/mol. The molecule has 0 saturated carbocycles. The van der Waals surface area contributed by atoms with E-state index in [9.17, 15) is 18.0 Å². The Hall–Kier alpha value is -1.57. The highest BCUT2D eigenvalue weighted by atomic mass is 19.4. The fraction of sp³-hybridized carbons (Fsp3) is 0.750. The average molecular weight is 345 g/mol. The van der Waals surface area contributed by atoms with E-state index in [1.807, 2.05) is 0 Å². The summed E-state index contributed by atoms with van der Waals surface area (Å²) in [7, 11) is 1.74. The number of hydrogen-bond donors (Lipinski definition) is 0. The third-order valence-electron chi connectivity index (χ3n) is 4.74. The Morgan fingerprint density at radius 2 is 2.21 bits per heavy atom. The predicted molar refractivity (Wildman–Crippen MR) is 80.3 cm³/mol. The van der Waals surface area contributed by atoms with E-state index in [1.165, 1.54) is 0 Å². The van der Waals surface area contributed by atoms with Crippen molar-refractivity contribution >= 4 is 5.91 Å². The van der Waals surface area contributed by atoms with Crippen molar-refractivity contribution in [1.29, 1.82) is 0 Å². The Morgan fingerprint density at radius 1 is 1.42 bits per heavy atom. The summed E-state index contributed by atoms with van der Waals surface area (Å²) >= 11 is 0. The van der Waals surface area contributed by atoms with Gasteiger partial charge in [-0.2, -0.15) is 13.2 Å². The lowest BCUT2D eigenvalue weighted by Gasteiger charge is -2.31. The van der Waals surface area contributed by atoms with Crippen LogP contribution < -0.4 is 0 Å². The predicted octanol–water partition coefficient (Wildman–Crippen LogP) is 2.49. The first-order valence-electron chi connectivity index (χ1n) is 8.34. The van der Waals surface area contributed by atoms with E-state index < -0.39 is 11.9 Å². The number of aryl methyl sites for hydroxylation is 1. The van der Waals surface area contributed by atoms with Crippen molar-refractivity contribution in [2.24, 2.45) is 5.92 Å². The topological polar surface area (TPSA) is 47.4 Å². The monoisotopic (exact) mass is 345 g/mol. The molecule has 0 N–H and O–H groups in total.